The maximum atomic E-state index is 13.2. The summed E-state index contributed by atoms with van der Waals surface area (Å²) >= 11 is 6.62. The third-order valence-electron chi connectivity index (χ3n) is 6.02. The predicted octanol–water partition coefficient (Wildman–Crippen LogP) is 6.32. The Labute approximate surface area is 203 Å². The molecule has 0 radical (unpaired) electrons. The molecule has 4 nitrogen and oxygen atoms in total. The fourth-order valence-electron chi connectivity index (χ4n) is 4.34. The highest BCUT2D eigenvalue weighted by molar-refractivity contribution is 8.11. The summed E-state index contributed by atoms with van der Waals surface area (Å²) < 4.78 is 18.4. The largest absolute Gasteiger partial charge is 0.507 e. The van der Waals surface area contributed by atoms with Gasteiger partial charge in [0.1, 0.15) is 22.0 Å². The van der Waals surface area contributed by atoms with Gasteiger partial charge in [-0.3, -0.25) is 0 Å². The Kier molecular flexibility index (Phi) is 7.73. The molecule has 1 aliphatic heterocycles. The van der Waals surface area contributed by atoms with Gasteiger partial charge in [-0.05, 0) is 61.2 Å². The molecule has 1 aliphatic rings. The van der Waals surface area contributed by atoms with E-state index in [2.05, 4.69) is 17.0 Å². The van der Waals surface area contributed by atoms with E-state index in [1.807, 2.05) is 30.3 Å². The van der Waals surface area contributed by atoms with E-state index in [0.29, 0.717) is 12.2 Å². The molecular formula is C26H28FNO3S2. The number of hydrogen-bond acceptors (Lipinski definition) is 6. The van der Waals surface area contributed by atoms with E-state index < -0.39 is 6.10 Å². The molecule has 33 heavy (non-hydrogen) atoms. The number of aliphatic hydroxyl groups is 1. The highest BCUT2D eigenvalue weighted by Gasteiger charge is 2.42. The standard InChI is InChI=1S/C26H28FNO3S2/c1-31-20-14-15-21(23(30)16-20)25-24(33-26(32)28(25)19-6-3-2-4-7-19)9-5-8-22(29)17-10-12-18(27)13-11-17/h2-4,6-7,10-16,22,24-26,29-30,32H,5,8-9H2,1H3. The molecule has 0 amide bonds. The number of rotatable bonds is 8. The molecule has 0 saturated carbocycles. The fourth-order valence-corrected chi connectivity index (χ4v) is 6.51. The first-order valence-corrected chi connectivity index (χ1v) is 12.4. The lowest BCUT2D eigenvalue weighted by molar-refractivity contribution is 0.163. The van der Waals surface area contributed by atoms with E-state index in [9.17, 15) is 14.6 Å². The van der Waals surface area contributed by atoms with Crippen molar-refractivity contribution in [2.45, 2.75) is 41.4 Å². The maximum Gasteiger partial charge on any atom is 0.124 e. The summed E-state index contributed by atoms with van der Waals surface area (Å²) in [5.41, 5.74) is 2.59. The van der Waals surface area contributed by atoms with Gasteiger partial charge in [-0.15, -0.1) is 24.4 Å². The van der Waals surface area contributed by atoms with Gasteiger partial charge in [-0.1, -0.05) is 30.3 Å². The topological polar surface area (TPSA) is 52.9 Å². The molecule has 0 aromatic heterocycles. The van der Waals surface area contributed by atoms with E-state index >= 15 is 0 Å². The fraction of sp³-hybridized carbons (Fsp3) is 0.308. The minimum atomic E-state index is -0.637. The van der Waals surface area contributed by atoms with Crippen molar-refractivity contribution in [3.8, 4) is 11.5 Å². The van der Waals surface area contributed by atoms with Crippen molar-refractivity contribution in [3.05, 3.63) is 89.7 Å². The van der Waals surface area contributed by atoms with Gasteiger partial charge in [-0.2, -0.15) is 0 Å². The number of phenolic OH excluding ortho intramolecular Hbond substituents is 1. The zero-order valence-corrected chi connectivity index (χ0v) is 20.1. The molecule has 0 bridgehead atoms. The molecule has 1 fully saturated rings. The molecule has 1 heterocycles. The van der Waals surface area contributed by atoms with E-state index in [4.69, 9.17) is 17.4 Å². The Bertz CT molecular complexity index is 1050. The van der Waals surface area contributed by atoms with Crippen molar-refractivity contribution in [1.82, 2.24) is 0 Å². The Balaban J connectivity index is 1.54. The SMILES string of the molecule is COc1ccc(C2C(CCCC(O)c3ccc(F)cc3)SC(S)N2c2ccccc2)c(O)c1. The monoisotopic (exact) mass is 485 g/mol. The van der Waals surface area contributed by atoms with E-state index in [1.54, 1.807) is 37.1 Å². The van der Waals surface area contributed by atoms with Crippen LogP contribution in [0.1, 0.15) is 42.5 Å². The number of thioether (sulfide) groups is 1. The number of aromatic hydroxyl groups is 1. The minimum absolute atomic E-state index is 0.0778. The van der Waals surface area contributed by atoms with Crippen LogP contribution in [0.4, 0.5) is 10.1 Å². The molecule has 0 spiro atoms. The van der Waals surface area contributed by atoms with Gasteiger partial charge in [0.2, 0.25) is 0 Å². The van der Waals surface area contributed by atoms with Crippen molar-refractivity contribution in [3.63, 3.8) is 0 Å². The third kappa shape index (κ3) is 5.42. The van der Waals surface area contributed by atoms with Crippen LogP contribution >= 0.6 is 24.4 Å². The summed E-state index contributed by atoms with van der Waals surface area (Å²) in [5.74, 6) is 0.491. The van der Waals surface area contributed by atoms with Crippen LogP contribution in [0.5, 0.6) is 11.5 Å². The number of methoxy groups -OCH3 is 1. The van der Waals surface area contributed by atoms with Crippen molar-refractivity contribution >= 4 is 30.1 Å². The van der Waals surface area contributed by atoms with Gasteiger partial charge in [0.05, 0.1) is 19.3 Å². The average Bonchev–Trinajstić information content (AvgIpc) is 3.15. The number of nitrogens with zero attached hydrogens (tertiary/aromatic N) is 1. The van der Waals surface area contributed by atoms with E-state index in [-0.39, 0.29) is 27.6 Å². The lowest BCUT2D eigenvalue weighted by Gasteiger charge is -2.32. The van der Waals surface area contributed by atoms with Crippen molar-refractivity contribution in [2.75, 3.05) is 12.0 Å². The van der Waals surface area contributed by atoms with Crippen molar-refractivity contribution in [2.24, 2.45) is 0 Å². The van der Waals surface area contributed by atoms with Crippen molar-refractivity contribution in [1.29, 1.82) is 0 Å². The third-order valence-corrected chi connectivity index (χ3v) is 7.95. The molecule has 3 aromatic rings. The van der Waals surface area contributed by atoms with Crippen molar-refractivity contribution < 1.29 is 19.3 Å². The molecule has 1 saturated heterocycles. The summed E-state index contributed by atoms with van der Waals surface area (Å²) in [6, 6.07) is 21.4. The van der Waals surface area contributed by atoms with Gasteiger partial charge in [0.25, 0.3) is 0 Å². The van der Waals surface area contributed by atoms with Gasteiger partial charge in [0.15, 0.2) is 0 Å². The Morgan fingerprint density at radius 1 is 1.09 bits per heavy atom. The molecule has 174 valence electrons. The molecule has 4 rings (SSSR count). The number of aliphatic hydroxyl groups excluding tert-OH is 1. The maximum absolute atomic E-state index is 13.2. The summed E-state index contributed by atoms with van der Waals surface area (Å²) in [6.45, 7) is 0. The van der Waals surface area contributed by atoms with Crippen LogP contribution in [0, 0.1) is 5.82 Å². The molecule has 2 N–H and O–H groups in total. The highest BCUT2D eigenvalue weighted by atomic mass is 32.2. The smallest absolute Gasteiger partial charge is 0.124 e. The minimum Gasteiger partial charge on any atom is -0.507 e. The van der Waals surface area contributed by atoms with Crippen LogP contribution in [0.2, 0.25) is 0 Å². The number of ether oxygens (including phenoxy) is 1. The van der Waals surface area contributed by atoms with Crippen LogP contribution in [-0.4, -0.2) is 27.3 Å². The first-order chi connectivity index (χ1) is 16.0. The molecule has 7 heteroatoms. The van der Waals surface area contributed by atoms with Gasteiger partial charge < -0.3 is 19.8 Å². The van der Waals surface area contributed by atoms with Crippen LogP contribution in [0.15, 0.2) is 72.8 Å². The lowest BCUT2D eigenvalue weighted by atomic mass is 9.95. The lowest BCUT2D eigenvalue weighted by Crippen LogP contribution is -2.30. The van der Waals surface area contributed by atoms with Crippen LogP contribution in [0.3, 0.4) is 0 Å². The van der Waals surface area contributed by atoms with Gasteiger partial charge in [0, 0.05) is 22.6 Å². The number of halogens is 1. The second-order valence-corrected chi connectivity index (χ2v) is 10.3. The molecule has 4 atom stereocenters. The number of anilines is 1. The zero-order valence-electron chi connectivity index (χ0n) is 18.3. The number of hydrogen-bond donors (Lipinski definition) is 3. The first kappa shape index (κ1) is 23.8. The number of para-hydroxylation sites is 1. The van der Waals surface area contributed by atoms with Crippen LogP contribution < -0.4 is 9.64 Å². The average molecular weight is 486 g/mol. The van der Waals surface area contributed by atoms with Gasteiger partial charge >= 0.3 is 0 Å². The molecule has 3 aromatic carbocycles. The summed E-state index contributed by atoms with van der Waals surface area (Å²) in [5, 5.41) is 21.5. The summed E-state index contributed by atoms with van der Waals surface area (Å²) in [4.78, 5) is 2.23. The molecular weight excluding hydrogens is 457 g/mol. The van der Waals surface area contributed by atoms with Crippen LogP contribution in [0.25, 0.3) is 0 Å². The summed E-state index contributed by atoms with van der Waals surface area (Å²) in [6.07, 6.45) is 1.56. The Morgan fingerprint density at radius 3 is 2.48 bits per heavy atom. The predicted molar refractivity (Wildman–Crippen MR) is 136 cm³/mol. The number of thiol groups is 1. The van der Waals surface area contributed by atoms with Gasteiger partial charge in [-0.25, -0.2) is 4.39 Å². The zero-order chi connectivity index (χ0) is 23.4. The molecule has 0 aliphatic carbocycles. The van der Waals surface area contributed by atoms with E-state index in [1.165, 1.54) is 12.1 Å². The highest BCUT2D eigenvalue weighted by Crippen LogP contribution is 2.52. The first-order valence-electron chi connectivity index (χ1n) is 11.0. The second-order valence-electron chi connectivity index (χ2n) is 8.11. The quantitative estimate of drug-likeness (QED) is 0.326. The molecule has 4 unspecified atom stereocenters. The Hall–Kier alpha value is -2.35. The van der Waals surface area contributed by atoms with Crippen LogP contribution in [-0.2, 0) is 0 Å². The number of phenols is 1. The number of benzene rings is 3. The second kappa shape index (κ2) is 10.7. The summed E-state index contributed by atoms with van der Waals surface area (Å²) in [7, 11) is 1.58. The normalized spacial score (nSPS) is 21.2. The Morgan fingerprint density at radius 2 is 1.82 bits per heavy atom. The van der Waals surface area contributed by atoms with E-state index in [0.717, 1.165) is 29.7 Å².